The molecule has 18 heavy (non-hydrogen) atoms. The lowest BCUT2D eigenvalue weighted by Gasteiger charge is -2.27. The number of hydrogen-bond donors (Lipinski definition) is 2. The molecule has 2 heterocycles. The lowest BCUT2D eigenvalue weighted by molar-refractivity contribution is -0.137. The first-order chi connectivity index (χ1) is 8.72. The molecule has 0 radical (unpaired) electrons. The Kier molecular flexibility index (Phi) is 5.13. The molecule has 2 N–H and O–H groups in total. The molecule has 0 aromatic rings. The van der Waals surface area contributed by atoms with Crippen molar-refractivity contribution >= 4 is 17.7 Å². The number of fused-ring (bicyclic) bond motifs is 2. The largest absolute Gasteiger partial charge is 0.481 e. The molecule has 2 saturated heterocycles. The van der Waals surface area contributed by atoms with Crippen molar-refractivity contribution in [1.29, 1.82) is 0 Å². The summed E-state index contributed by atoms with van der Waals surface area (Å²) in [6.45, 7) is 0.325. The minimum Gasteiger partial charge on any atom is -0.481 e. The van der Waals surface area contributed by atoms with E-state index in [0.29, 0.717) is 23.7 Å². The van der Waals surface area contributed by atoms with Crippen molar-refractivity contribution < 1.29 is 15.0 Å². The standard InChI is InChI=1S/C14H22O3S/c15-9-11-10(12-7-8-13(11)18-12)5-3-1-2-4-6-14(16)17/h1,3,10-13,15H,2,4-9H2,(H,16,17)/t10-,11+,12-,13+/m1/s1. The number of carboxylic acids is 1. The predicted molar refractivity (Wildman–Crippen MR) is 73.7 cm³/mol. The van der Waals surface area contributed by atoms with E-state index >= 15 is 0 Å². The maximum absolute atomic E-state index is 10.4. The number of rotatable bonds is 7. The minimum absolute atomic E-state index is 0.258. The number of allylic oxidation sites excluding steroid dienone is 2. The number of carbonyl (C=O) groups is 1. The van der Waals surface area contributed by atoms with E-state index in [1.807, 2.05) is 0 Å². The number of unbranched alkanes of at least 4 members (excludes halogenated alkanes) is 1. The fraction of sp³-hybridized carbons (Fsp3) is 0.786. The van der Waals surface area contributed by atoms with Crippen LogP contribution in [0.1, 0.15) is 38.5 Å². The Morgan fingerprint density at radius 2 is 1.94 bits per heavy atom. The molecule has 0 amide bonds. The molecule has 4 atom stereocenters. The van der Waals surface area contributed by atoms with Gasteiger partial charge in [0.1, 0.15) is 0 Å². The van der Waals surface area contributed by atoms with Gasteiger partial charge in [-0.25, -0.2) is 0 Å². The third-order valence-electron chi connectivity index (χ3n) is 4.14. The van der Waals surface area contributed by atoms with Crippen LogP contribution >= 0.6 is 11.8 Å². The summed E-state index contributed by atoms with van der Waals surface area (Å²) in [7, 11) is 0. The van der Waals surface area contributed by atoms with Crippen LogP contribution in [0.4, 0.5) is 0 Å². The Morgan fingerprint density at radius 3 is 2.61 bits per heavy atom. The molecular formula is C14H22O3S. The molecule has 0 unspecified atom stereocenters. The average molecular weight is 270 g/mol. The monoisotopic (exact) mass is 270 g/mol. The highest BCUT2D eigenvalue weighted by Crippen LogP contribution is 2.53. The van der Waals surface area contributed by atoms with Crippen molar-refractivity contribution in [3.05, 3.63) is 12.2 Å². The Bertz CT molecular complexity index is 316. The summed E-state index contributed by atoms with van der Waals surface area (Å²) in [5.41, 5.74) is 0. The Hall–Kier alpha value is -0.480. The Labute approximate surface area is 113 Å². The molecule has 0 aliphatic carbocycles. The zero-order valence-electron chi connectivity index (χ0n) is 10.6. The average Bonchev–Trinajstić information content (AvgIpc) is 2.93. The van der Waals surface area contributed by atoms with Crippen molar-refractivity contribution in [1.82, 2.24) is 0 Å². The fourth-order valence-corrected chi connectivity index (χ4v) is 5.19. The highest BCUT2D eigenvalue weighted by Gasteiger charge is 2.46. The molecule has 0 aromatic heterocycles. The van der Waals surface area contributed by atoms with Gasteiger partial charge >= 0.3 is 5.97 Å². The second-order valence-corrected chi connectivity index (χ2v) is 6.78. The van der Waals surface area contributed by atoms with Crippen molar-refractivity contribution in [3.63, 3.8) is 0 Å². The lowest BCUT2D eigenvalue weighted by atomic mass is 9.78. The highest BCUT2D eigenvalue weighted by molar-refractivity contribution is 8.01. The van der Waals surface area contributed by atoms with Gasteiger partial charge in [0.15, 0.2) is 0 Å². The first kappa shape index (κ1) is 13.9. The third kappa shape index (κ3) is 3.29. The van der Waals surface area contributed by atoms with Gasteiger partial charge < -0.3 is 10.2 Å². The smallest absolute Gasteiger partial charge is 0.303 e. The second-order valence-electron chi connectivity index (χ2n) is 5.29. The summed E-state index contributed by atoms with van der Waals surface area (Å²) in [4.78, 5) is 10.4. The summed E-state index contributed by atoms with van der Waals surface area (Å²) < 4.78 is 0. The molecular weight excluding hydrogens is 248 g/mol. The van der Waals surface area contributed by atoms with E-state index in [0.717, 1.165) is 24.5 Å². The molecule has 0 aromatic carbocycles. The molecule has 102 valence electrons. The van der Waals surface area contributed by atoms with Gasteiger partial charge in [0.05, 0.1) is 0 Å². The predicted octanol–water partition coefficient (Wildman–Crippen LogP) is 2.69. The maximum Gasteiger partial charge on any atom is 0.303 e. The SMILES string of the molecule is O=C(O)CCCC=CC[C@@H]1[C@H](CO)[C@@H]2CC[C@H]1S2. The van der Waals surface area contributed by atoms with Crippen LogP contribution < -0.4 is 0 Å². The molecule has 0 saturated carbocycles. The van der Waals surface area contributed by atoms with Crippen LogP contribution in [0.25, 0.3) is 0 Å². The number of thioether (sulfide) groups is 1. The minimum atomic E-state index is -0.715. The molecule has 4 heteroatoms. The van der Waals surface area contributed by atoms with Gasteiger partial charge in [-0.15, -0.1) is 0 Å². The van der Waals surface area contributed by atoms with E-state index in [-0.39, 0.29) is 6.42 Å². The Morgan fingerprint density at radius 1 is 1.22 bits per heavy atom. The van der Waals surface area contributed by atoms with Gasteiger partial charge in [0.2, 0.25) is 0 Å². The second kappa shape index (κ2) is 6.62. The van der Waals surface area contributed by atoms with E-state index in [4.69, 9.17) is 5.11 Å². The number of aliphatic carboxylic acids is 1. The van der Waals surface area contributed by atoms with E-state index in [9.17, 15) is 9.90 Å². The van der Waals surface area contributed by atoms with Crippen molar-refractivity contribution in [2.45, 2.75) is 49.0 Å². The first-order valence-corrected chi connectivity index (χ1v) is 7.79. The highest BCUT2D eigenvalue weighted by atomic mass is 32.2. The number of hydrogen-bond acceptors (Lipinski definition) is 3. The van der Waals surface area contributed by atoms with Gasteiger partial charge in [-0.1, -0.05) is 12.2 Å². The van der Waals surface area contributed by atoms with Gasteiger partial charge in [-0.3, -0.25) is 4.79 Å². The summed E-state index contributed by atoms with van der Waals surface area (Å²) >= 11 is 2.07. The van der Waals surface area contributed by atoms with Gasteiger partial charge in [0.25, 0.3) is 0 Å². The molecule has 2 fully saturated rings. The van der Waals surface area contributed by atoms with E-state index < -0.39 is 5.97 Å². The van der Waals surface area contributed by atoms with E-state index in [1.165, 1.54) is 12.8 Å². The summed E-state index contributed by atoms with van der Waals surface area (Å²) in [5, 5.41) is 19.4. The van der Waals surface area contributed by atoms with Crippen LogP contribution in [0.5, 0.6) is 0 Å². The van der Waals surface area contributed by atoms with Gasteiger partial charge in [-0.05, 0) is 43.9 Å². The summed E-state index contributed by atoms with van der Waals surface area (Å²) in [6, 6.07) is 0. The van der Waals surface area contributed by atoms with Crippen LogP contribution in [-0.2, 0) is 4.79 Å². The quantitative estimate of drug-likeness (QED) is 0.551. The van der Waals surface area contributed by atoms with E-state index in [2.05, 4.69) is 23.9 Å². The van der Waals surface area contributed by atoms with Crippen LogP contribution in [-0.4, -0.2) is 33.3 Å². The topological polar surface area (TPSA) is 57.5 Å². The number of aliphatic hydroxyl groups excluding tert-OH is 1. The van der Waals surface area contributed by atoms with Crippen LogP contribution in [0.3, 0.4) is 0 Å². The van der Waals surface area contributed by atoms with Crippen LogP contribution in [0, 0.1) is 11.8 Å². The molecule has 2 aliphatic heterocycles. The zero-order chi connectivity index (χ0) is 13.0. The third-order valence-corrected chi connectivity index (χ3v) is 6.01. The molecule has 2 rings (SSSR count). The normalized spacial score (nSPS) is 34.5. The van der Waals surface area contributed by atoms with E-state index in [1.54, 1.807) is 0 Å². The molecule has 0 spiro atoms. The molecule has 3 nitrogen and oxygen atoms in total. The van der Waals surface area contributed by atoms with Gasteiger partial charge in [0, 0.05) is 23.5 Å². The van der Waals surface area contributed by atoms with Crippen molar-refractivity contribution in [3.8, 4) is 0 Å². The lowest BCUT2D eigenvalue weighted by Crippen LogP contribution is -2.29. The fourth-order valence-electron chi connectivity index (χ4n) is 3.19. The van der Waals surface area contributed by atoms with Crippen LogP contribution in [0.2, 0.25) is 0 Å². The van der Waals surface area contributed by atoms with Crippen molar-refractivity contribution in [2.75, 3.05) is 6.61 Å². The Balaban J connectivity index is 1.69. The summed E-state index contributed by atoms with van der Waals surface area (Å²) in [6.07, 6.45) is 9.76. The summed E-state index contributed by atoms with van der Waals surface area (Å²) in [5.74, 6) is 0.403. The van der Waals surface area contributed by atoms with Crippen LogP contribution in [0.15, 0.2) is 12.2 Å². The van der Waals surface area contributed by atoms with Gasteiger partial charge in [-0.2, -0.15) is 11.8 Å². The number of carboxylic acid groups (broad SMARTS) is 1. The molecule has 2 bridgehead atoms. The number of aliphatic hydroxyl groups is 1. The maximum atomic E-state index is 10.4. The zero-order valence-corrected chi connectivity index (χ0v) is 11.4. The first-order valence-electron chi connectivity index (χ1n) is 6.85. The molecule has 2 aliphatic rings. The van der Waals surface area contributed by atoms with Crippen molar-refractivity contribution in [2.24, 2.45) is 11.8 Å².